The molecule has 1 fully saturated rings. The molecule has 1 aromatic rings. The summed E-state index contributed by atoms with van der Waals surface area (Å²) in [6.45, 7) is 8.60. The Balaban J connectivity index is 2.18. The number of rotatable bonds is 3. The van der Waals surface area contributed by atoms with Crippen LogP contribution in [0.3, 0.4) is 0 Å². The van der Waals surface area contributed by atoms with Gasteiger partial charge in [-0.3, -0.25) is 4.79 Å². The maximum Gasteiger partial charge on any atom is 0.254 e. The number of nitrogens with one attached hydrogen (secondary N) is 1. The number of anilines is 1. The molecule has 1 unspecified atom stereocenters. The first-order valence-corrected chi connectivity index (χ1v) is 7.78. The third kappa shape index (κ3) is 3.62. The number of pyridine rings is 1. The molecule has 4 nitrogen and oxygen atoms in total. The molecule has 1 N–H and O–H groups in total. The van der Waals surface area contributed by atoms with Gasteiger partial charge in [-0.25, -0.2) is 4.98 Å². The van der Waals surface area contributed by atoms with Crippen LogP contribution in [-0.4, -0.2) is 46.4 Å². The van der Waals surface area contributed by atoms with Gasteiger partial charge in [0.15, 0.2) is 0 Å². The molecular weight excluding hydrogens is 258 g/mol. The Morgan fingerprint density at radius 2 is 2.37 bits per heavy atom. The second-order valence-electron chi connectivity index (χ2n) is 4.85. The largest absolute Gasteiger partial charge is 0.370 e. The summed E-state index contributed by atoms with van der Waals surface area (Å²) in [5, 5.41) is 3.69. The fourth-order valence-corrected chi connectivity index (χ4v) is 3.26. The van der Waals surface area contributed by atoms with Gasteiger partial charge in [-0.05, 0) is 26.0 Å². The van der Waals surface area contributed by atoms with E-state index < -0.39 is 0 Å². The summed E-state index contributed by atoms with van der Waals surface area (Å²) >= 11 is 1.93. The quantitative estimate of drug-likeness (QED) is 0.923. The molecule has 0 saturated carbocycles. The minimum Gasteiger partial charge on any atom is -0.370 e. The van der Waals surface area contributed by atoms with Crippen LogP contribution in [0, 0.1) is 6.92 Å². The number of amides is 1. The molecule has 1 aliphatic heterocycles. The summed E-state index contributed by atoms with van der Waals surface area (Å²) in [5.41, 5.74) is 1.61. The standard InChI is InChI=1S/C14H21N3OS/c1-4-15-13-8-12(7-10(2)16-13)14(18)17-5-6-19-11(3)9-17/h7-8,11H,4-6,9H2,1-3H3,(H,15,16). The third-order valence-corrected chi connectivity index (χ3v) is 4.22. The summed E-state index contributed by atoms with van der Waals surface area (Å²) < 4.78 is 0. The molecule has 1 amide bonds. The molecule has 104 valence electrons. The van der Waals surface area contributed by atoms with E-state index in [4.69, 9.17) is 0 Å². The highest BCUT2D eigenvalue weighted by molar-refractivity contribution is 7.99. The second kappa shape index (κ2) is 6.28. The van der Waals surface area contributed by atoms with Crippen LogP contribution < -0.4 is 5.32 Å². The lowest BCUT2D eigenvalue weighted by Crippen LogP contribution is -2.41. The number of carbonyl (C=O) groups excluding carboxylic acids is 1. The molecule has 1 aromatic heterocycles. The molecule has 19 heavy (non-hydrogen) atoms. The molecule has 1 atom stereocenters. The molecular formula is C14H21N3OS. The predicted molar refractivity (Wildman–Crippen MR) is 81.0 cm³/mol. The van der Waals surface area contributed by atoms with Crippen LogP contribution in [0.15, 0.2) is 12.1 Å². The molecule has 0 radical (unpaired) electrons. The number of hydrogen-bond donors (Lipinski definition) is 1. The Labute approximate surface area is 119 Å². The zero-order valence-electron chi connectivity index (χ0n) is 11.8. The van der Waals surface area contributed by atoms with Gasteiger partial charge in [0.25, 0.3) is 5.91 Å². The molecule has 0 bridgehead atoms. The maximum absolute atomic E-state index is 12.5. The van der Waals surface area contributed by atoms with E-state index in [0.29, 0.717) is 5.25 Å². The van der Waals surface area contributed by atoms with E-state index in [2.05, 4.69) is 17.2 Å². The van der Waals surface area contributed by atoms with E-state index in [1.54, 1.807) is 0 Å². The average molecular weight is 279 g/mol. The summed E-state index contributed by atoms with van der Waals surface area (Å²) in [5.74, 6) is 1.93. The summed E-state index contributed by atoms with van der Waals surface area (Å²) in [7, 11) is 0. The number of aromatic nitrogens is 1. The third-order valence-electron chi connectivity index (χ3n) is 3.09. The zero-order valence-corrected chi connectivity index (χ0v) is 12.6. The highest BCUT2D eigenvalue weighted by Crippen LogP contribution is 2.20. The lowest BCUT2D eigenvalue weighted by atomic mass is 10.2. The first-order chi connectivity index (χ1) is 9.10. The number of hydrogen-bond acceptors (Lipinski definition) is 4. The van der Waals surface area contributed by atoms with Crippen LogP contribution in [0.25, 0.3) is 0 Å². The fourth-order valence-electron chi connectivity index (χ4n) is 2.25. The highest BCUT2D eigenvalue weighted by atomic mass is 32.2. The van der Waals surface area contributed by atoms with Gasteiger partial charge in [0.2, 0.25) is 0 Å². The van der Waals surface area contributed by atoms with Gasteiger partial charge in [-0.15, -0.1) is 0 Å². The Morgan fingerprint density at radius 3 is 3.05 bits per heavy atom. The van der Waals surface area contributed by atoms with Crippen molar-refractivity contribution >= 4 is 23.5 Å². The Hall–Kier alpha value is -1.23. The van der Waals surface area contributed by atoms with Gasteiger partial charge in [0.05, 0.1) is 0 Å². The first kappa shape index (κ1) is 14.2. The summed E-state index contributed by atoms with van der Waals surface area (Å²) in [6, 6.07) is 3.72. The molecule has 0 spiro atoms. The molecule has 1 saturated heterocycles. The van der Waals surface area contributed by atoms with Crippen molar-refractivity contribution in [3.05, 3.63) is 23.4 Å². The van der Waals surface area contributed by atoms with Crippen LogP contribution in [0.4, 0.5) is 5.82 Å². The van der Waals surface area contributed by atoms with Crippen LogP contribution >= 0.6 is 11.8 Å². The van der Waals surface area contributed by atoms with Gasteiger partial charge in [0, 0.05) is 41.9 Å². The molecule has 2 rings (SSSR count). The van der Waals surface area contributed by atoms with Crippen molar-refractivity contribution in [2.24, 2.45) is 0 Å². The topological polar surface area (TPSA) is 45.2 Å². The van der Waals surface area contributed by atoms with E-state index in [1.807, 2.05) is 42.6 Å². The van der Waals surface area contributed by atoms with E-state index >= 15 is 0 Å². The Morgan fingerprint density at radius 1 is 1.58 bits per heavy atom. The van der Waals surface area contributed by atoms with Crippen LogP contribution in [0.1, 0.15) is 29.9 Å². The predicted octanol–water partition coefficient (Wildman–Crippen LogP) is 2.40. The van der Waals surface area contributed by atoms with Crippen LogP contribution in [0.5, 0.6) is 0 Å². The minimum atomic E-state index is 0.122. The van der Waals surface area contributed by atoms with E-state index in [1.165, 1.54) is 0 Å². The lowest BCUT2D eigenvalue weighted by molar-refractivity contribution is 0.0763. The molecule has 1 aliphatic rings. The van der Waals surface area contributed by atoms with Crippen molar-refractivity contribution in [2.75, 3.05) is 30.7 Å². The van der Waals surface area contributed by atoms with Crippen molar-refractivity contribution in [3.63, 3.8) is 0 Å². The van der Waals surface area contributed by atoms with Crippen molar-refractivity contribution in [1.29, 1.82) is 0 Å². The molecule has 0 aliphatic carbocycles. The fraction of sp³-hybridized carbons (Fsp3) is 0.571. The first-order valence-electron chi connectivity index (χ1n) is 6.73. The number of nitrogens with zero attached hydrogens (tertiary/aromatic N) is 2. The smallest absolute Gasteiger partial charge is 0.254 e. The van der Waals surface area contributed by atoms with Gasteiger partial charge in [-0.1, -0.05) is 6.92 Å². The highest BCUT2D eigenvalue weighted by Gasteiger charge is 2.22. The monoisotopic (exact) mass is 279 g/mol. The average Bonchev–Trinajstić information content (AvgIpc) is 2.37. The van der Waals surface area contributed by atoms with Crippen LogP contribution in [0.2, 0.25) is 0 Å². The minimum absolute atomic E-state index is 0.122. The van der Waals surface area contributed by atoms with Crippen molar-refractivity contribution in [2.45, 2.75) is 26.0 Å². The van der Waals surface area contributed by atoms with Gasteiger partial charge < -0.3 is 10.2 Å². The molecule has 0 aromatic carbocycles. The number of carbonyl (C=O) groups is 1. The number of thioether (sulfide) groups is 1. The van der Waals surface area contributed by atoms with Crippen molar-refractivity contribution in [1.82, 2.24) is 9.88 Å². The van der Waals surface area contributed by atoms with Gasteiger partial charge in [0.1, 0.15) is 5.82 Å². The summed E-state index contributed by atoms with van der Waals surface area (Å²) in [6.07, 6.45) is 0. The van der Waals surface area contributed by atoms with E-state index in [0.717, 1.165) is 42.5 Å². The molecule has 2 heterocycles. The lowest BCUT2D eigenvalue weighted by Gasteiger charge is -2.30. The SMILES string of the molecule is CCNc1cc(C(=O)N2CCSC(C)C2)cc(C)n1. The Kier molecular flexibility index (Phi) is 4.69. The summed E-state index contributed by atoms with van der Waals surface area (Å²) in [4.78, 5) is 18.8. The van der Waals surface area contributed by atoms with Gasteiger partial charge in [-0.2, -0.15) is 11.8 Å². The normalized spacial score (nSPS) is 19.3. The second-order valence-corrected chi connectivity index (χ2v) is 6.39. The zero-order chi connectivity index (χ0) is 13.8. The maximum atomic E-state index is 12.5. The van der Waals surface area contributed by atoms with Crippen molar-refractivity contribution < 1.29 is 4.79 Å². The van der Waals surface area contributed by atoms with Crippen LogP contribution in [-0.2, 0) is 0 Å². The van der Waals surface area contributed by atoms with E-state index in [9.17, 15) is 4.79 Å². The van der Waals surface area contributed by atoms with E-state index in [-0.39, 0.29) is 5.91 Å². The Bertz CT molecular complexity index is 464. The van der Waals surface area contributed by atoms with Crippen molar-refractivity contribution in [3.8, 4) is 0 Å². The van der Waals surface area contributed by atoms with Gasteiger partial charge >= 0.3 is 0 Å². The molecule has 5 heteroatoms. The number of aryl methyl sites for hydroxylation is 1.